The second-order valence-electron chi connectivity index (χ2n) is 6.78. The van der Waals surface area contributed by atoms with E-state index in [0.717, 1.165) is 0 Å². The van der Waals surface area contributed by atoms with Crippen molar-refractivity contribution in [3.63, 3.8) is 0 Å². The van der Waals surface area contributed by atoms with Gasteiger partial charge in [-0.15, -0.1) is 0 Å². The molecule has 0 atom stereocenters. The van der Waals surface area contributed by atoms with E-state index in [1.807, 2.05) is 0 Å². The topological polar surface area (TPSA) is 51.6 Å². The van der Waals surface area contributed by atoms with Gasteiger partial charge in [-0.2, -0.15) is 0 Å². The number of unbranched alkanes of at least 4 members (excludes halogenated alkanes) is 6. The molecule has 0 saturated heterocycles. The van der Waals surface area contributed by atoms with Crippen LogP contribution in [0.3, 0.4) is 0 Å². The van der Waals surface area contributed by atoms with E-state index in [0.29, 0.717) is 15.7 Å². The van der Waals surface area contributed by atoms with Crippen LogP contribution < -0.4 is 0 Å². The van der Waals surface area contributed by atoms with Gasteiger partial charge in [-0.1, -0.05) is 93.8 Å². The molecule has 2 radical (unpaired) electrons. The third-order valence-corrected chi connectivity index (χ3v) is 7.86. The Kier molecular flexibility index (Phi) is 27.5. The van der Waals surface area contributed by atoms with E-state index in [9.17, 15) is 0 Å². The molecule has 0 amide bonds. The van der Waals surface area contributed by atoms with Crippen LogP contribution >= 0.6 is 58.0 Å². The minimum absolute atomic E-state index is 0.0525. The second-order valence-corrected chi connectivity index (χ2v) is 12.4. The van der Waals surface area contributed by atoms with Crippen LogP contribution in [0.25, 0.3) is 6.08 Å². The van der Waals surface area contributed by atoms with E-state index in [2.05, 4.69) is 58.0 Å². The zero-order valence-electron chi connectivity index (χ0n) is 20.3. The summed E-state index contributed by atoms with van der Waals surface area (Å²) in [5.74, 6) is 0. The quantitative estimate of drug-likeness (QED) is 0.109. The van der Waals surface area contributed by atoms with Gasteiger partial charge in [0, 0.05) is 0 Å². The summed E-state index contributed by atoms with van der Waals surface area (Å²) in [4.78, 5) is 14.6. The molecule has 0 aliphatic heterocycles. The van der Waals surface area contributed by atoms with Crippen LogP contribution in [0.15, 0.2) is 29.6 Å². The Morgan fingerprint density at radius 1 is 0.735 bits per heavy atom. The number of hydrogen-bond acceptors (Lipinski definition) is 4. The summed E-state index contributed by atoms with van der Waals surface area (Å²) >= 11 is 27.3. The summed E-state index contributed by atoms with van der Waals surface area (Å²) in [6.07, 6.45) is 15.6. The van der Waals surface area contributed by atoms with Gasteiger partial charge in [0.25, 0.3) is 0 Å². The van der Waals surface area contributed by atoms with Crippen molar-refractivity contribution < 1.29 is 0 Å². The number of rotatable bonds is 10. The summed E-state index contributed by atoms with van der Waals surface area (Å²) < 4.78 is 3.64. The molecule has 0 aliphatic rings. The molecule has 2 rings (SSSR count). The fourth-order valence-electron chi connectivity index (χ4n) is 2.06. The molecule has 34 heavy (non-hydrogen) atoms. The smallest absolute Gasteiger partial charge is 0.223 e. The molecule has 0 saturated carbocycles. The second kappa shape index (κ2) is 26.0. The van der Waals surface area contributed by atoms with Crippen LogP contribution in [0.2, 0.25) is 30.2 Å². The van der Waals surface area contributed by atoms with Crippen molar-refractivity contribution in [2.75, 3.05) is 0 Å². The average Bonchev–Trinajstić information content (AvgIpc) is 2.82. The van der Waals surface area contributed by atoms with Crippen molar-refractivity contribution in [2.45, 2.75) is 76.6 Å². The van der Waals surface area contributed by atoms with Crippen molar-refractivity contribution in [1.29, 1.82) is 0 Å². The number of halogens is 5. The molecule has 0 bridgehead atoms. The van der Waals surface area contributed by atoms with Crippen LogP contribution in [0.1, 0.15) is 77.8 Å². The normalized spacial score (nSPS) is 9.41. The molecule has 0 aliphatic carbocycles. The zero-order chi connectivity index (χ0) is 26.2. The molecular weight excluding hydrogens is 640 g/mol. The predicted octanol–water partition coefficient (Wildman–Crippen LogP) is 10.3. The molecule has 0 N–H and O–H groups in total. The third kappa shape index (κ3) is 22.4. The molecule has 0 fully saturated rings. The molecule has 4 nitrogen and oxygen atoms in total. The van der Waals surface area contributed by atoms with E-state index in [1.54, 1.807) is 0 Å². The summed E-state index contributed by atoms with van der Waals surface area (Å²) in [5, 5.41) is 1.22. The maximum Gasteiger partial charge on any atom is 0.223 e. The van der Waals surface area contributed by atoms with Crippen LogP contribution in [-0.2, 0) is 0 Å². The largest absolute Gasteiger partial charge is 0.225 e. The van der Waals surface area contributed by atoms with Gasteiger partial charge in [0.05, 0.1) is 28.1 Å². The van der Waals surface area contributed by atoms with E-state index >= 15 is 0 Å². The maximum absolute atomic E-state index is 5.64. The van der Waals surface area contributed by atoms with Gasteiger partial charge in [-0.3, -0.25) is 0 Å². The number of nitrogens with zero attached hydrogens (tertiary/aromatic N) is 4. The molecule has 10 heteroatoms. The first kappa shape index (κ1) is 36.0. The first-order chi connectivity index (χ1) is 16.3. The Morgan fingerprint density at radius 3 is 1.62 bits per heavy atom. The third-order valence-electron chi connectivity index (χ3n) is 3.88. The van der Waals surface area contributed by atoms with Gasteiger partial charge in [-0.05, 0) is 29.3 Å². The van der Waals surface area contributed by atoms with Crippen LogP contribution in [0, 0.1) is 0 Å². The molecule has 2 aromatic heterocycles. The Morgan fingerprint density at radius 2 is 1.24 bits per heavy atom. The summed E-state index contributed by atoms with van der Waals surface area (Å²) in [7, 11) is 0. The Labute approximate surface area is 241 Å². The average molecular weight is 676 g/mol. The Hall–Kier alpha value is -0.111. The molecule has 0 aromatic carbocycles. The van der Waals surface area contributed by atoms with Gasteiger partial charge in [0.1, 0.15) is 0 Å². The van der Waals surface area contributed by atoms with Gasteiger partial charge in [0.2, 0.25) is 10.6 Å². The molecule has 0 spiro atoms. The minimum atomic E-state index is -0.0525. The van der Waals surface area contributed by atoms with Crippen LogP contribution in [0.4, 0.5) is 0 Å². The molecule has 0 unspecified atom stereocenters. The van der Waals surface area contributed by atoms with Crippen LogP contribution in [0.5, 0.6) is 0 Å². The summed E-state index contributed by atoms with van der Waals surface area (Å²) in [5.41, 5.74) is 0.557. The van der Waals surface area contributed by atoms with Crippen molar-refractivity contribution in [1.82, 2.24) is 19.9 Å². The van der Waals surface area contributed by atoms with E-state index in [-0.39, 0.29) is 36.9 Å². The molecule has 190 valence electrons. The van der Waals surface area contributed by atoms with E-state index in [4.69, 9.17) is 58.0 Å². The van der Waals surface area contributed by atoms with Crippen molar-refractivity contribution in [2.24, 2.45) is 0 Å². The molecule has 2 aromatic rings. The monoisotopic (exact) mass is 674 g/mol. The van der Waals surface area contributed by atoms with Gasteiger partial charge >= 0.3 is 56.0 Å². The van der Waals surface area contributed by atoms with Crippen molar-refractivity contribution >= 4 is 85.2 Å². The summed E-state index contributed by atoms with van der Waals surface area (Å²) in [6, 6.07) is 0. The fraction of sp³-hybridized carbons (Fsp3) is 0.500. The Bertz CT molecular complexity index is 788. The molecule has 2 heterocycles. The first-order valence-corrected chi connectivity index (χ1v) is 16.8. The number of aromatic nitrogens is 4. The zero-order valence-corrected chi connectivity index (χ0v) is 26.9. The SMILES string of the molecule is C=Cc1nc(Cl)ncc1Cl.C=[CH][Sn][CH2]CCC.CCCCCCCC.Clc1ncc(Cl)c(Cl)n1. The number of hydrogen-bond donors (Lipinski definition) is 0. The predicted molar refractivity (Wildman–Crippen MR) is 154 cm³/mol. The van der Waals surface area contributed by atoms with Gasteiger partial charge in [-0.25, -0.2) is 19.9 Å². The van der Waals surface area contributed by atoms with Crippen molar-refractivity contribution in [3.05, 3.63) is 61.1 Å². The first-order valence-electron chi connectivity index (χ1n) is 11.2. The van der Waals surface area contributed by atoms with E-state index < -0.39 is 0 Å². The minimum Gasteiger partial charge on any atom is -0.225 e. The Balaban J connectivity index is 0. The van der Waals surface area contributed by atoms with E-state index in [1.165, 1.54) is 74.3 Å². The standard InChI is InChI=1S/C8H18.C6H4Cl2N2.C4HCl3N2.C4H9.C2H3.Sn/c1-3-5-7-8-6-4-2;1-2-5-4(7)3-9-6(8)10-5;5-2-1-8-4(7)9-3(2)6;1-3-4-2;1-2;/h3-8H2,1-2H3;2-3H,1H2;1H;1,3-4H2,2H3;1H,2H2;. The van der Waals surface area contributed by atoms with Crippen molar-refractivity contribution in [3.8, 4) is 0 Å². The molecular formula is C24H35Cl5N4Sn. The van der Waals surface area contributed by atoms with Crippen LogP contribution in [-0.4, -0.2) is 41.1 Å². The summed E-state index contributed by atoms with van der Waals surface area (Å²) in [6.45, 7) is 14.0. The van der Waals surface area contributed by atoms with Gasteiger partial charge < -0.3 is 0 Å². The van der Waals surface area contributed by atoms with Gasteiger partial charge in [0.15, 0.2) is 5.15 Å². The maximum atomic E-state index is 5.64. The fourth-order valence-corrected chi connectivity index (χ4v) is 4.94.